The van der Waals surface area contributed by atoms with Gasteiger partial charge in [-0.25, -0.2) is 4.98 Å². The first-order valence-electron chi connectivity index (χ1n) is 16.3. The topological polar surface area (TPSA) is 123 Å². The lowest BCUT2D eigenvalue weighted by Gasteiger charge is -2.51. The van der Waals surface area contributed by atoms with E-state index in [1.165, 1.54) is 10.9 Å². The maximum absolute atomic E-state index is 13.9. The molecule has 6 rings (SSSR count). The number of piperidine rings is 2. The summed E-state index contributed by atoms with van der Waals surface area (Å²) >= 11 is 0. The molecule has 1 aromatic heterocycles. The highest BCUT2D eigenvalue weighted by atomic mass is 16.5. The van der Waals surface area contributed by atoms with Crippen molar-refractivity contribution >= 4 is 28.6 Å². The average molecular weight is 630 g/mol. The van der Waals surface area contributed by atoms with Crippen LogP contribution in [0.3, 0.4) is 0 Å². The molecule has 3 aliphatic rings. The predicted octanol–water partition coefficient (Wildman–Crippen LogP) is 3.11. The molecule has 0 aliphatic carbocycles. The van der Waals surface area contributed by atoms with Crippen LogP contribution in [-0.4, -0.2) is 83.5 Å². The van der Waals surface area contributed by atoms with E-state index in [1.807, 2.05) is 15.9 Å². The molecule has 3 aromatic rings. The van der Waals surface area contributed by atoms with Gasteiger partial charge >= 0.3 is 0 Å². The minimum atomic E-state index is -0.151. The van der Waals surface area contributed by atoms with Crippen LogP contribution in [0.5, 0.6) is 11.5 Å². The van der Waals surface area contributed by atoms with Gasteiger partial charge in [-0.05, 0) is 85.8 Å². The van der Waals surface area contributed by atoms with Crippen molar-refractivity contribution < 1.29 is 23.9 Å². The van der Waals surface area contributed by atoms with Crippen LogP contribution >= 0.6 is 0 Å². The van der Waals surface area contributed by atoms with E-state index in [0.717, 1.165) is 30.4 Å². The maximum Gasteiger partial charge on any atom is 0.260 e. The number of carbonyl (C=O) groups excluding carboxylic acids is 3. The molecule has 11 heteroatoms. The smallest absolute Gasteiger partial charge is 0.260 e. The van der Waals surface area contributed by atoms with Gasteiger partial charge in [0.2, 0.25) is 11.8 Å². The van der Waals surface area contributed by atoms with Crippen LogP contribution in [0.1, 0.15) is 60.0 Å². The number of nitrogens with zero attached hydrogens (tertiary/aromatic N) is 4. The van der Waals surface area contributed by atoms with Crippen LogP contribution in [0.25, 0.3) is 10.9 Å². The summed E-state index contributed by atoms with van der Waals surface area (Å²) in [6.45, 7) is 2.26. The van der Waals surface area contributed by atoms with Gasteiger partial charge in [0.1, 0.15) is 0 Å². The number of benzene rings is 2. The van der Waals surface area contributed by atoms with Crippen molar-refractivity contribution in [1.29, 1.82) is 0 Å². The Balaban J connectivity index is 1.23. The minimum Gasteiger partial charge on any atom is -0.493 e. The van der Waals surface area contributed by atoms with E-state index in [9.17, 15) is 19.2 Å². The van der Waals surface area contributed by atoms with E-state index in [2.05, 4.69) is 16.4 Å². The average Bonchev–Trinajstić information content (AvgIpc) is 3.06. The Hall–Kier alpha value is -4.41. The second-order valence-electron chi connectivity index (χ2n) is 12.9. The van der Waals surface area contributed by atoms with Gasteiger partial charge < -0.3 is 29.2 Å². The zero-order chi connectivity index (χ0) is 32.4. The summed E-state index contributed by atoms with van der Waals surface area (Å²) in [6.07, 6.45) is 6.64. The highest BCUT2D eigenvalue weighted by Crippen LogP contribution is 2.37. The fourth-order valence-electron chi connectivity index (χ4n) is 7.59. The summed E-state index contributed by atoms with van der Waals surface area (Å²) in [5.74, 6) is 1.64. The molecule has 0 spiro atoms. The van der Waals surface area contributed by atoms with Crippen molar-refractivity contribution in [2.24, 2.45) is 18.9 Å². The summed E-state index contributed by atoms with van der Waals surface area (Å²) in [6, 6.07) is 9.07. The van der Waals surface area contributed by atoms with Gasteiger partial charge in [-0.3, -0.25) is 19.2 Å². The number of hydrogen-bond donors (Lipinski definition) is 1. The molecule has 46 heavy (non-hydrogen) atoms. The third-order valence-electron chi connectivity index (χ3n) is 9.83. The van der Waals surface area contributed by atoms with E-state index >= 15 is 0 Å². The largest absolute Gasteiger partial charge is 0.493 e. The number of aryl methyl sites for hydroxylation is 3. The standard InChI is InChI=1S/C35H43N5O6/c1-38-21-37-28-17-25(10-11-27(28)35(38)44)34(43)39-18-23-15-26(20-39)29-7-4-8-31(41)36-13-5-6-24-14-22(9-12-32(42)40(29)19-23)16-30(45-2)33(24)46-3/h10-11,14,16-17,21,23,26,29H,4-9,12-13,15,18-20H2,1-3H3,(H,36,41)/t23-,26-,29-/m0/s1. The monoisotopic (exact) mass is 629 g/mol. The summed E-state index contributed by atoms with van der Waals surface area (Å²) in [4.78, 5) is 61.2. The van der Waals surface area contributed by atoms with Crippen LogP contribution < -0.4 is 20.3 Å². The van der Waals surface area contributed by atoms with Gasteiger partial charge in [0.05, 0.1) is 31.4 Å². The summed E-state index contributed by atoms with van der Waals surface area (Å²) < 4.78 is 12.7. The van der Waals surface area contributed by atoms with Crippen LogP contribution in [0.4, 0.5) is 0 Å². The number of ether oxygens (including phenoxy) is 2. The molecular weight excluding hydrogens is 586 g/mol. The summed E-state index contributed by atoms with van der Waals surface area (Å²) in [5.41, 5.74) is 2.88. The Morgan fingerprint density at radius 2 is 1.80 bits per heavy atom. The van der Waals surface area contributed by atoms with Crippen molar-refractivity contribution in [3.05, 3.63) is 63.7 Å². The van der Waals surface area contributed by atoms with E-state index < -0.39 is 0 Å². The second-order valence-corrected chi connectivity index (χ2v) is 12.9. The molecule has 2 aromatic carbocycles. The fraction of sp³-hybridized carbons (Fsp3) is 0.514. The normalized spacial score (nSPS) is 22.6. The lowest BCUT2D eigenvalue weighted by atomic mass is 9.77. The molecule has 0 saturated carbocycles. The molecule has 4 bridgehead atoms. The minimum absolute atomic E-state index is 0.0112. The fourth-order valence-corrected chi connectivity index (χ4v) is 7.59. The summed E-state index contributed by atoms with van der Waals surface area (Å²) in [7, 11) is 4.90. The van der Waals surface area contributed by atoms with E-state index in [0.29, 0.717) is 86.2 Å². The number of nitrogens with one attached hydrogen (secondary N) is 1. The number of hydrogen-bond acceptors (Lipinski definition) is 7. The molecule has 4 heterocycles. The summed E-state index contributed by atoms with van der Waals surface area (Å²) in [5, 5.41) is 3.53. The van der Waals surface area contributed by atoms with Crippen molar-refractivity contribution in [3.63, 3.8) is 0 Å². The van der Waals surface area contributed by atoms with Gasteiger partial charge in [0, 0.05) is 57.7 Å². The first-order valence-corrected chi connectivity index (χ1v) is 16.3. The zero-order valence-electron chi connectivity index (χ0n) is 26.9. The van der Waals surface area contributed by atoms with Crippen molar-refractivity contribution in [3.8, 4) is 11.5 Å². The Kier molecular flexibility index (Phi) is 9.28. The van der Waals surface area contributed by atoms with Crippen LogP contribution in [0.15, 0.2) is 41.5 Å². The quantitative estimate of drug-likeness (QED) is 0.473. The highest BCUT2D eigenvalue weighted by molar-refractivity contribution is 5.97. The molecule has 3 amide bonds. The van der Waals surface area contributed by atoms with Gasteiger partial charge in [-0.15, -0.1) is 0 Å². The third kappa shape index (κ3) is 6.45. The number of rotatable bonds is 3. The molecule has 2 saturated heterocycles. The first kappa shape index (κ1) is 31.6. The van der Waals surface area contributed by atoms with Gasteiger partial charge in [-0.2, -0.15) is 0 Å². The first-order chi connectivity index (χ1) is 22.2. The Labute approximate surface area is 268 Å². The third-order valence-corrected chi connectivity index (χ3v) is 9.83. The lowest BCUT2D eigenvalue weighted by Crippen LogP contribution is -2.60. The van der Waals surface area contributed by atoms with E-state index in [-0.39, 0.29) is 41.2 Å². The Morgan fingerprint density at radius 3 is 2.61 bits per heavy atom. The van der Waals surface area contributed by atoms with E-state index in [1.54, 1.807) is 39.5 Å². The molecule has 0 radical (unpaired) electrons. The van der Waals surface area contributed by atoms with Gasteiger partial charge in [-0.1, -0.05) is 6.07 Å². The van der Waals surface area contributed by atoms with Gasteiger partial charge in [0.25, 0.3) is 11.5 Å². The highest BCUT2D eigenvalue weighted by Gasteiger charge is 2.43. The predicted molar refractivity (Wildman–Crippen MR) is 173 cm³/mol. The Morgan fingerprint density at radius 1 is 0.957 bits per heavy atom. The van der Waals surface area contributed by atoms with Crippen molar-refractivity contribution in [2.75, 3.05) is 40.4 Å². The number of fused-ring (bicyclic) bond motifs is 7. The van der Waals surface area contributed by atoms with Crippen molar-refractivity contribution in [1.82, 2.24) is 24.7 Å². The second kappa shape index (κ2) is 13.5. The lowest BCUT2D eigenvalue weighted by molar-refractivity contribution is -0.140. The molecule has 3 aliphatic heterocycles. The zero-order valence-corrected chi connectivity index (χ0v) is 26.9. The molecule has 1 N–H and O–H groups in total. The molecule has 244 valence electrons. The number of amides is 3. The van der Waals surface area contributed by atoms with Crippen molar-refractivity contribution in [2.45, 2.75) is 57.4 Å². The van der Waals surface area contributed by atoms with E-state index in [4.69, 9.17) is 9.47 Å². The molecule has 0 unspecified atom stereocenters. The number of likely N-dealkylation sites (tertiary alicyclic amines) is 1. The number of aromatic nitrogens is 2. The Bertz CT molecular complexity index is 1700. The number of carbonyl (C=O) groups is 3. The molecule has 11 nitrogen and oxygen atoms in total. The molecular formula is C35H43N5O6. The van der Waals surface area contributed by atoms with Crippen LogP contribution in [0.2, 0.25) is 0 Å². The van der Waals surface area contributed by atoms with Crippen LogP contribution in [0, 0.1) is 11.8 Å². The maximum atomic E-state index is 13.9. The van der Waals surface area contributed by atoms with Gasteiger partial charge in [0.15, 0.2) is 11.5 Å². The van der Waals surface area contributed by atoms with Crippen LogP contribution in [-0.2, 0) is 29.5 Å². The number of methoxy groups -OCH3 is 2. The molecule has 2 fully saturated rings. The molecule has 3 atom stereocenters. The SMILES string of the molecule is COc1cc2cc(c1OC)CCCNC(=O)CCC[C@H]1[C@H]3C[C@@H](CN(C(=O)c4ccc5c(=O)n(C)cnc5c4)C3)CN1C(=O)CC2.